The molecule has 74 valence electrons. The smallest absolute Gasteiger partial charge is 0.382 e. The zero-order valence-electron chi connectivity index (χ0n) is 7.66. The van der Waals surface area contributed by atoms with E-state index in [2.05, 4.69) is 0 Å². The maximum Gasteiger partial charge on any atom is 0.394 e. The van der Waals surface area contributed by atoms with E-state index >= 15 is 0 Å². The molecule has 12 heavy (non-hydrogen) atoms. The van der Waals surface area contributed by atoms with Crippen LogP contribution in [0.5, 0.6) is 0 Å². The minimum Gasteiger partial charge on any atom is -0.382 e. The summed E-state index contributed by atoms with van der Waals surface area (Å²) < 4.78 is 41.5. The van der Waals surface area contributed by atoms with Crippen LogP contribution in [0.4, 0.5) is 13.2 Å². The van der Waals surface area contributed by atoms with Crippen molar-refractivity contribution >= 4 is 0 Å². The van der Waals surface area contributed by atoms with Crippen molar-refractivity contribution in [2.24, 2.45) is 5.41 Å². The van der Waals surface area contributed by atoms with Crippen LogP contribution in [0.25, 0.3) is 0 Å². The summed E-state index contributed by atoms with van der Waals surface area (Å²) in [5, 5.41) is 0. The molecule has 0 unspecified atom stereocenters. The lowest BCUT2D eigenvalue weighted by atomic mass is 9.89. The predicted molar refractivity (Wildman–Crippen MR) is 40.9 cm³/mol. The summed E-state index contributed by atoms with van der Waals surface area (Å²) in [5.41, 5.74) is -1.64. The van der Waals surface area contributed by atoms with Gasteiger partial charge in [0.15, 0.2) is 0 Å². The SMILES string of the molecule is CCOCCC(C)(C)C(F)(F)F. The predicted octanol–water partition coefficient (Wildman–Crippen LogP) is 3.00. The van der Waals surface area contributed by atoms with Crippen molar-refractivity contribution in [3.8, 4) is 0 Å². The Morgan fingerprint density at radius 2 is 1.67 bits per heavy atom. The molecule has 0 heterocycles. The first-order valence-electron chi connectivity index (χ1n) is 3.95. The van der Waals surface area contributed by atoms with Crippen LogP contribution in [0.1, 0.15) is 27.2 Å². The first kappa shape index (κ1) is 11.8. The molecule has 0 atom stereocenters. The van der Waals surface area contributed by atoms with Gasteiger partial charge < -0.3 is 4.74 Å². The van der Waals surface area contributed by atoms with Crippen LogP contribution in [-0.2, 0) is 4.74 Å². The number of alkyl halides is 3. The highest BCUT2D eigenvalue weighted by molar-refractivity contribution is 4.76. The normalized spacial score (nSPS) is 13.5. The van der Waals surface area contributed by atoms with E-state index in [1.807, 2.05) is 0 Å². The molecule has 0 aromatic rings. The van der Waals surface area contributed by atoms with Crippen molar-refractivity contribution in [1.82, 2.24) is 0 Å². The maximum atomic E-state index is 12.2. The van der Waals surface area contributed by atoms with Gasteiger partial charge in [-0.2, -0.15) is 13.2 Å². The second-order valence-corrected chi connectivity index (χ2v) is 3.33. The van der Waals surface area contributed by atoms with Crippen LogP contribution in [0.2, 0.25) is 0 Å². The van der Waals surface area contributed by atoms with Crippen LogP contribution in [0.3, 0.4) is 0 Å². The summed E-state index contributed by atoms with van der Waals surface area (Å²) in [6.45, 7) is 4.77. The van der Waals surface area contributed by atoms with Gasteiger partial charge in [0, 0.05) is 13.2 Å². The number of hydrogen-bond acceptors (Lipinski definition) is 1. The molecular weight excluding hydrogens is 169 g/mol. The molecule has 0 amide bonds. The van der Waals surface area contributed by atoms with Gasteiger partial charge in [0.1, 0.15) is 0 Å². The van der Waals surface area contributed by atoms with Gasteiger partial charge in [0.05, 0.1) is 5.41 Å². The largest absolute Gasteiger partial charge is 0.394 e. The monoisotopic (exact) mass is 184 g/mol. The molecule has 0 bridgehead atoms. The number of hydrogen-bond donors (Lipinski definition) is 0. The summed E-state index contributed by atoms with van der Waals surface area (Å²) in [6, 6.07) is 0. The average Bonchev–Trinajstić information content (AvgIpc) is 1.85. The molecule has 0 aromatic carbocycles. The fourth-order valence-electron chi connectivity index (χ4n) is 0.613. The summed E-state index contributed by atoms with van der Waals surface area (Å²) in [6.07, 6.45) is -4.12. The Morgan fingerprint density at radius 3 is 2.00 bits per heavy atom. The molecule has 0 fully saturated rings. The second-order valence-electron chi connectivity index (χ2n) is 3.33. The molecule has 0 rings (SSSR count). The van der Waals surface area contributed by atoms with Crippen LogP contribution < -0.4 is 0 Å². The Hall–Kier alpha value is -0.250. The minimum absolute atomic E-state index is 0.0182. The third kappa shape index (κ3) is 3.43. The van der Waals surface area contributed by atoms with Gasteiger partial charge in [-0.25, -0.2) is 0 Å². The summed E-state index contributed by atoms with van der Waals surface area (Å²) in [7, 11) is 0. The van der Waals surface area contributed by atoms with Gasteiger partial charge in [0.25, 0.3) is 0 Å². The molecule has 0 aliphatic carbocycles. The third-order valence-electron chi connectivity index (χ3n) is 1.84. The highest BCUT2D eigenvalue weighted by Crippen LogP contribution is 2.39. The maximum absolute atomic E-state index is 12.2. The summed E-state index contributed by atoms with van der Waals surface area (Å²) >= 11 is 0. The van der Waals surface area contributed by atoms with Gasteiger partial charge in [-0.3, -0.25) is 0 Å². The molecule has 0 spiro atoms. The number of halogens is 3. The second kappa shape index (κ2) is 4.12. The van der Waals surface area contributed by atoms with Crippen molar-refractivity contribution in [2.75, 3.05) is 13.2 Å². The van der Waals surface area contributed by atoms with E-state index in [9.17, 15) is 13.2 Å². The van der Waals surface area contributed by atoms with E-state index < -0.39 is 11.6 Å². The molecule has 0 N–H and O–H groups in total. The lowest BCUT2D eigenvalue weighted by Crippen LogP contribution is -2.33. The lowest BCUT2D eigenvalue weighted by molar-refractivity contribution is -0.216. The van der Waals surface area contributed by atoms with Crippen molar-refractivity contribution in [1.29, 1.82) is 0 Å². The molecular formula is C8H15F3O. The quantitative estimate of drug-likeness (QED) is 0.610. The van der Waals surface area contributed by atoms with Crippen LogP contribution >= 0.6 is 0 Å². The molecule has 0 radical (unpaired) electrons. The Balaban J connectivity index is 3.88. The first-order valence-corrected chi connectivity index (χ1v) is 3.95. The Kier molecular flexibility index (Phi) is 4.03. The average molecular weight is 184 g/mol. The zero-order chi connectivity index (χ0) is 9.83. The molecule has 4 heteroatoms. The van der Waals surface area contributed by atoms with Gasteiger partial charge in [-0.05, 0) is 13.3 Å². The van der Waals surface area contributed by atoms with Crippen LogP contribution in [0.15, 0.2) is 0 Å². The van der Waals surface area contributed by atoms with Crippen molar-refractivity contribution in [3.05, 3.63) is 0 Å². The number of ether oxygens (including phenoxy) is 1. The van der Waals surface area contributed by atoms with Crippen molar-refractivity contribution in [3.63, 3.8) is 0 Å². The van der Waals surface area contributed by atoms with Gasteiger partial charge in [-0.1, -0.05) is 13.8 Å². The van der Waals surface area contributed by atoms with E-state index in [-0.39, 0.29) is 13.0 Å². The number of rotatable bonds is 4. The summed E-state index contributed by atoms with van der Waals surface area (Å²) in [4.78, 5) is 0. The zero-order valence-corrected chi connectivity index (χ0v) is 7.66. The fraction of sp³-hybridized carbons (Fsp3) is 1.00. The standard InChI is InChI=1S/C8H15F3O/c1-4-12-6-5-7(2,3)8(9,10)11/h4-6H2,1-3H3. The minimum atomic E-state index is -4.13. The molecule has 1 nitrogen and oxygen atoms in total. The fourth-order valence-corrected chi connectivity index (χ4v) is 0.613. The van der Waals surface area contributed by atoms with E-state index in [4.69, 9.17) is 4.74 Å². The Morgan fingerprint density at radius 1 is 1.17 bits per heavy atom. The van der Waals surface area contributed by atoms with Crippen molar-refractivity contribution in [2.45, 2.75) is 33.4 Å². The van der Waals surface area contributed by atoms with E-state index in [0.717, 1.165) is 0 Å². The molecule has 0 saturated heterocycles. The van der Waals surface area contributed by atoms with Crippen LogP contribution in [-0.4, -0.2) is 19.4 Å². The molecule has 0 aliphatic rings. The summed E-state index contributed by atoms with van der Waals surface area (Å²) in [5.74, 6) is 0. The topological polar surface area (TPSA) is 9.23 Å². The van der Waals surface area contributed by atoms with Gasteiger partial charge in [0.2, 0.25) is 0 Å². The molecule has 0 saturated carbocycles. The highest BCUT2D eigenvalue weighted by Gasteiger charge is 2.46. The lowest BCUT2D eigenvalue weighted by Gasteiger charge is -2.27. The van der Waals surface area contributed by atoms with Crippen molar-refractivity contribution < 1.29 is 17.9 Å². The first-order chi connectivity index (χ1) is 5.31. The van der Waals surface area contributed by atoms with E-state index in [1.54, 1.807) is 6.92 Å². The van der Waals surface area contributed by atoms with E-state index in [1.165, 1.54) is 13.8 Å². The van der Waals surface area contributed by atoms with Crippen LogP contribution in [0, 0.1) is 5.41 Å². The Bertz CT molecular complexity index is 129. The molecule has 0 aromatic heterocycles. The van der Waals surface area contributed by atoms with Gasteiger partial charge >= 0.3 is 6.18 Å². The highest BCUT2D eigenvalue weighted by atomic mass is 19.4. The molecule has 0 aliphatic heterocycles. The van der Waals surface area contributed by atoms with Gasteiger partial charge in [-0.15, -0.1) is 0 Å². The Labute approximate surface area is 70.9 Å². The third-order valence-corrected chi connectivity index (χ3v) is 1.84. The van der Waals surface area contributed by atoms with E-state index in [0.29, 0.717) is 6.61 Å².